The average Bonchev–Trinajstić information content (AvgIpc) is 3.07. The Hall–Kier alpha value is -2.93. The van der Waals surface area contributed by atoms with Crippen molar-refractivity contribution in [2.75, 3.05) is 5.75 Å². The first-order valence-corrected chi connectivity index (χ1v) is 10.4. The molecule has 1 atom stereocenters. The third kappa shape index (κ3) is 6.02. The van der Waals surface area contributed by atoms with Gasteiger partial charge in [-0.05, 0) is 24.5 Å². The molecule has 0 aliphatic carbocycles. The number of nitrogens with one attached hydrogen (secondary N) is 1. The second-order valence-corrected chi connectivity index (χ2v) is 7.77. The number of aromatic nitrogens is 3. The summed E-state index contributed by atoms with van der Waals surface area (Å²) in [5.41, 5.74) is 2.17. The van der Waals surface area contributed by atoms with E-state index in [2.05, 4.69) is 15.5 Å². The SMILES string of the molecule is CC(=O)C(Cc1ccccc1)NC(=O)CSc1nnc(Cc2ccccc2)n1C. The minimum Gasteiger partial charge on any atom is -0.345 e. The van der Waals surface area contributed by atoms with Gasteiger partial charge in [-0.15, -0.1) is 10.2 Å². The van der Waals surface area contributed by atoms with Gasteiger partial charge in [-0.1, -0.05) is 72.4 Å². The molecule has 7 heteroatoms. The Balaban J connectivity index is 1.55. The fraction of sp³-hybridized carbons (Fsp3) is 0.273. The molecule has 0 aliphatic rings. The molecule has 1 aromatic heterocycles. The molecule has 1 heterocycles. The van der Waals surface area contributed by atoms with Crippen molar-refractivity contribution >= 4 is 23.5 Å². The van der Waals surface area contributed by atoms with Crippen LogP contribution in [-0.4, -0.2) is 38.2 Å². The van der Waals surface area contributed by atoms with Crippen LogP contribution in [0, 0.1) is 0 Å². The number of thioether (sulfide) groups is 1. The molecule has 0 bridgehead atoms. The summed E-state index contributed by atoms with van der Waals surface area (Å²) < 4.78 is 1.90. The van der Waals surface area contributed by atoms with E-state index < -0.39 is 6.04 Å². The third-order valence-corrected chi connectivity index (χ3v) is 5.59. The Morgan fingerprint density at radius 2 is 1.62 bits per heavy atom. The van der Waals surface area contributed by atoms with E-state index >= 15 is 0 Å². The number of hydrogen-bond donors (Lipinski definition) is 1. The van der Waals surface area contributed by atoms with Gasteiger partial charge in [-0.2, -0.15) is 0 Å². The zero-order valence-electron chi connectivity index (χ0n) is 16.5. The van der Waals surface area contributed by atoms with Crippen LogP contribution in [0.5, 0.6) is 0 Å². The zero-order valence-corrected chi connectivity index (χ0v) is 17.4. The number of ketones is 1. The molecule has 1 amide bonds. The number of nitrogens with zero attached hydrogens (tertiary/aromatic N) is 3. The van der Waals surface area contributed by atoms with Crippen LogP contribution in [0.3, 0.4) is 0 Å². The number of carbonyl (C=O) groups is 2. The molecule has 0 saturated heterocycles. The predicted octanol–water partition coefficient (Wildman–Crippen LogP) is 2.81. The average molecular weight is 409 g/mol. The van der Waals surface area contributed by atoms with Gasteiger partial charge in [-0.25, -0.2) is 0 Å². The van der Waals surface area contributed by atoms with Crippen molar-refractivity contribution in [3.63, 3.8) is 0 Å². The van der Waals surface area contributed by atoms with E-state index in [0.29, 0.717) is 18.0 Å². The lowest BCUT2D eigenvalue weighted by atomic mass is 10.0. The van der Waals surface area contributed by atoms with E-state index in [0.717, 1.165) is 17.0 Å². The Morgan fingerprint density at radius 3 is 2.24 bits per heavy atom. The maximum absolute atomic E-state index is 12.4. The van der Waals surface area contributed by atoms with Gasteiger partial charge in [0.15, 0.2) is 10.9 Å². The van der Waals surface area contributed by atoms with Crippen LogP contribution >= 0.6 is 11.8 Å². The van der Waals surface area contributed by atoms with Gasteiger partial charge in [0.25, 0.3) is 0 Å². The van der Waals surface area contributed by atoms with E-state index in [1.54, 1.807) is 0 Å². The van der Waals surface area contributed by atoms with Crippen molar-refractivity contribution < 1.29 is 9.59 Å². The highest BCUT2D eigenvalue weighted by Gasteiger charge is 2.18. The molecule has 0 saturated carbocycles. The summed E-state index contributed by atoms with van der Waals surface area (Å²) >= 11 is 1.31. The van der Waals surface area contributed by atoms with Crippen LogP contribution in [0.4, 0.5) is 0 Å². The number of Topliss-reactive ketones (excluding diaryl/α,β-unsaturated/α-hetero) is 1. The van der Waals surface area contributed by atoms with Crippen LogP contribution in [0.2, 0.25) is 0 Å². The fourth-order valence-electron chi connectivity index (χ4n) is 2.92. The lowest BCUT2D eigenvalue weighted by molar-refractivity contribution is -0.125. The maximum atomic E-state index is 12.4. The standard InChI is InChI=1S/C22H24N4O2S/c1-16(27)19(13-17-9-5-3-6-10-17)23-21(28)15-29-22-25-24-20(26(22)2)14-18-11-7-4-8-12-18/h3-12,19H,13-15H2,1-2H3,(H,23,28). The van der Waals surface area contributed by atoms with E-state index in [9.17, 15) is 9.59 Å². The molecule has 2 aromatic carbocycles. The third-order valence-electron chi connectivity index (χ3n) is 4.57. The smallest absolute Gasteiger partial charge is 0.231 e. The van der Waals surface area contributed by atoms with Gasteiger partial charge in [0, 0.05) is 13.5 Å². The van der Waals surface area contributed by atoms with Gasteiger partial charge in [0.05, 0.1) is 11.8 Å². The summed E-state index contributed by atoms with van der Waals surface area (Å²) in [6, 6.07) is 19.2. The molecule has 0 radical (unpaired) electrons. The first-order valence-electron chi connectivity index (χ1n) is 9.41. The molecule has 3 aromatic rings. The highest BCUT2D eigenvalue weighted by Crippen LogP contribution is 2.17. The van der Waals surface area contributed by atoms with Crippen molar-refractivity contribution in [3.05, 3.63) is 77.6 Å². The normalized spacial score (nSPS) is 11.8. The Labute approximate surface area is 174 Å². The van der Waals surface area contributed by atoms with E-state index in [1.807, 2.05) is 72.3 Å². The molecule has 1 N–H and O–H groups in total. The highest BCUT2D eigenvalue weighted by molar-refractivity contribution is 7.99. The van der Waals surface area contributed by atoms with Gasteiger partial charge >= 0.3 is 0 Å². The first kappa shape index (κ1) is 20.8. The van der Waals surface area contributed by atoms with Crippen molar-refractivity contribution in [2.45, 2.75) is 31.0 Å². The Morgan fingerprint density at radius 1 is 1.00 bits per heavy atom. The number of hydrogen-bond acceptors (Lipinski definition) is 5. The van der Waals surface area contributed by atoms with Gasteiger partial charge in [0.2, 0.25) is 5.91 Å². The molecule has 6 nitrogen and oxygen atoms in total. The summed E-state index contributed by atoms with van der Waals surface area (Å²) in [5, 5.41) is 11.9. The van der Waals surface area contributed by atoms with E-state index in [-0.39, 0.29) is 17.4 Å². The lowest BCUT2D eigenvalue weighted by Crippen LogP contribution is -2.42. The van der Waals surface area contributed by atoms with Crippen LogP contribution in [-0.2, 0) is 29.5 Å². The predicted molar refractivity (Wildman–Crippen MR) is 114 cm³/mol. The van der Waals surface area contributed by atoms with Crippen LogP contribution in [0.25, 0.3) is 0 Å². The minimum absolute atomic E-state index is 0.0593. The second-order valence-electron chi connectivity index (χ2n) is 6.83. The number of amides is 1. The number of benzene rings is 2. The van der Waals surface area contributed by atoms with Gasteiger partial charge in [0.1, 0.15) is 5.82 Å². The summed E-state index contributed by atoms with van der Waals surface area (Å²) in [6.45, 7) is 1.50. The minimum atomic E-state index is -0.529. The van der Waals surface area contributed by atoms with Crippen LogP contribution in [0.1, 0.15) is 23.9 Å². The van der Waals surface area contributed by atoms with Crippen molar-refractivity contribution in [1.82, 2.24) is 20.1 Å². The summed E-state index contributed by atoms with van der Waals surface area (Å²) in [6.07, 6.45) is 1.17. The quantitative estimate of drug-likeness (QED) is 0.551. The van der Waals surface area contributed by atoms with E-state index in [4.69, 9.17) is 0 Å². The molecule has 150 valence electrons. The van der Waals surface area contributed by atoms with E-state index in [1.165, 1.54) is 18.7 Å². The van der Waals surface area contributed by atoms with Crippen LogP contribution < -0.4 is 5.32 Å². The number of rotatable bonds is 9. The van der Waals surface area contributed by atoms with Gasteiger partial charge < -0.3 is 9.88 Å². The second kappa shape index (κ2) is 10.0. The maximum Gasteiger partial charge on any atom is 0.231 e. The monoisotopic (exact) mass is 408 g/mol. The molecule has 1 unspecified atom stereocenters. The summed E-state index contributed by atoms with van der Waals surface area (Å²) in [4.78, 5) is 24.3. The van der Waals surface area contributed by atoms with Crippen molar-refractivity contribution in [2.24, 2.45) is 7.05 Å². The summed E-state index contributed by atoms with van der Waals surface area (Å²) in [5.74, 6) is 0.759. The molecular formula is C22H24N4O2S. The van der Waals surface area contributed by atoms with Crippen molar-refractivity contribution in [3.8, 4) is 0 Å². The number of carbonyl (C=O) groups excluding carboxylic acids is 2. The molecule has 0 fully saturated rings. The molecular weight excluding hydrogens is 384 g/mol. The summed E-state index contributed by atoms with van der Waals surface area (Å²) in [7, 11) is 1.90. The topological polar surface area (TPSA) is 76.9 Å². The Bertz CT molecular complexity index is 957. The zero-order chi connectivity index (χ0) is 20.6. The molecule has 3 rings (SSSR count). The largest absolute Gasteiger partial charge is 0.345 e. The highest BCUT2D eigenvalue weighted by atomic mass is 32.2. The van der Waals surface area contributed by atoms with Crippen LogP contribution in [0.15, 0.2) is 65.8 Å². The van der Waals surface area contributed by atoms with Gasteiger partial charge in [-0.3, -0.25) is 9.59 Å². The fourth-order valence-corrected chi connectivity index (χ4v) is 3.66. The lowest BCUT2D eigenvalue weighted by Gasteiger charge is -2.16. The molecule has 0 aliphatic heterocycles. The van der Waals surface area contributed by atoms with Crippen molar-refractivity contribution in [1.29, 1.82) is 0 Å². The Kier molecular flexibility index (Phi) is 7.19. The first-order chi connectivity index (χ1) is 14.0. The molecule has 0 spiro atoms. The molecule has 29 heavy (non-hydrogen) atoms.